The zero-order valence-corrected chi connectivity index (χ0v) is 11.0. The normalized spacial score (nSPS) is 31.1. The molecule has 3 rings (SSSR count). The number of carbonyl (C=O) groups excluding carboxylic acids is 1. The van der Waals surface area contributed by atoms with E-state index >= 15 is 0 Å². The predicted molar refractivity (Wildman–Crippen MR) is 72.0 cm³/mol. The van der Waals surface area contributed by atoms with Gasteiger partial charge in [-0.25, -0.2) is 4.39 Å². The number of carbonyl (C=O) groups is 1. The minimum Gasteiger partial charge on any atom is -0.327 e. The second kappa shape index (κ2) is 4.88. The molecule has 4 nitrogen and oxygen atoms in total. The quantitative estimate of drug-likeness (QED) is 0.865. The highest BCUT2D eigenvalue weighted by Gasteiger charge is 2.49. The van der Waals surface area contributed by atoms with Crippen LogP contribution < -0.4 is 11.1 Å². The van der Waals surface area contributed by atoms with Gasteiger partial charge in [-0.3, -0.25) is 4.79 Å². The summed E-state index contributed by atoms with van der Waals surface area (Å²) < 4.78 is 13.1. The number of hydrogen-bond donors (Lipinski definition) is 2. The minimum atomic E-state index is -0.490. The highest BCUT2D eigenvalue weighted by Crippen LogP contribution is 2.47. The molecule has 0 saturated heterocycles. The van der Waals surface area contributed by atoms with Crippen molar-refractivity contribution in [2.75, 3.05) is 5.32 Å². The fourth-order valence-electron chi connectivity index (χ4n) is 3.66. The van der Waals surface area contributed by atoms with E-state index in [-0.39, 0.29) is 23.4 Å². The van der Waals surface area contributed by atoms with Crippen LogP contribution >= 0.6 is 0 Å². The minimum absolute atomic E-state index is 0.0975. The molecule has 104 valence electrons. The molecule has 1 amide bonds. The number of hydrogen-bond acceptors (Lipinski definition) is 3. The Bertz CT molecular complexity index is 593. The lowest BCUT2D eigenvalue weighted by Gasteiger charge is -2.27. The summed E-state index contributed by atoms with van der Waals surface area (Å²) >= 11 is 0. The smallest absolute Gasteiger partial charge is 0.229 e. The Kier molecular flexibility index (Phi) is 3.19. The zero-order chi connectivity index (χ0) is 14.3. The first-order chi connectivity index (χ1) is 9.60. The third-order valence-corrected chi connectivity index (χ3v) is 4.64. The van der Waals surface area contributed by atoms with Gasteiger partial charge in [-0.1, -0.05) is 0 Å². The molecule has 2 aliphatic carbocycles. The molecule has 2 saturated carbocycles. The average Bonchev–Trinajstić information content (AvgIpc) is 3.01. The molecule has 2 bridgehead atoms. The second-order valence-electron chi connectivity index (χ2n) is 5.73. The number of benzene rings is 1. The SMILES string of the molecule is N#Cc1cc(F)ccc1NC(=O)C1C2CCC(C2)C1N. The highest BCUT2D eigenvalue weighted by atomic mass is 19.1. The number of nitrogens with zero attached hydrogens (tertiary/aromatic N) is 1. The van der Waals surface area contributed by atoms with Crippen molar-refractivity contribution in [3.8, 4) is 6.07 Å². The predicted octanol–water partition coefficient (Wildman–Crippen LogP) is 2.01. The van der Waals surface area contributed by atoms with Crippen molar-refractivity contribution in [2.45, 2.75) is 25.3 Å². The van der Waals surface area contributed by atoms with Crippen molar-refractivity contribution in [1.29, 1.82) is 5.26 Å². The van der Waals surface area contributed by atoms with E-state index in [1.807, 2.05) is 6.07 Å². The van der Waals surface area contributed by atoms with Gasteiger partial charge in [0.2, 0.25) is 5.91 Å². The van der Waals surface area contributed by atoms with Crippen LogP contribution in [0, 0.1) is 34.9 Å². The van der Waals surface area contributed by atoms with Gasteiger partial charge < -0.3 is 11.1 Å². The van der Waals surface area contributed by atoms with Gasteiger partial charge in [0.25, 0.3) is 0 Å². The summed E-state index contributed by atoms with van der Waals surface area (Å²) in [7, 11) is 0. The number of nitriles is 1. The summed E-state index contributed by atoms with van der Waals surface area (Å²) in [5, 5.41) is 11.7. The molecule has 0 heterocycles. The van der Waals surface area contributed by atoms with Crippen LogP contribution in [0.3, 0.4) is 0 Å². The monoisotopic (exact) mass is 273 g/mol. The third-order valence-electron chi connectivity index (χ3n) is 4.64. The molecule has 1 aromatic carbocycles. The van der Waals surface area contributed by atoms with E-state index in [1.54, 1.807) is 0 Å². The van der Waals surface area contributed by atoms with E-state index in [1.165, 1.54) is 12.1 Å². The van der Waals surface area contributed by atoms with Gasteiger partial charge in [0.15, 0.2) is 0 Å². The summed E-state index contributed by atoms with van der Waals surface area (Å²) in [5.41, 5.74) is 6.62. The summed E-state index contributed by atoms with van der Waals surface area (Å²) in [6, 6.07) is 5.57. The van der Waals surface area contributed by atoms with Gasteiger partial charge in [0.05, 0.1) is 17.2 Å². The fraction of sp³-hybridized carbons (Fsp3) is 0.467. The topological polar surface area (TPSA) is 78.9 Å². The first kappa shape index (κ1) is 13.1. The van der Waals surface area contributed by atoms with Crippen LogP contribution in [0.1, 0.15) is 24.8 Å². The third kappa shape index (κ3) is 2.06. The van der Waals surface area contributed by atoms with Gasteiger partial charge >= 0.3 is 0 Å². The second-order valence-corrected chi connectivity index (χ2v) is 5.73. The summed E-state index contributed by atoms with van der Waals surface area (Å²) in [4.78, 5) is 12.4. The summed E-state index contributed by atoms with van der Waals surface area (Å²) in [6.07, 6.45) is 3.17. The van der Waals surface area contributed by atoms with E-state index in [0.29, 0.717) is 17.5 Å². The number of anilines is 1. The first-order valence-corrected chi connectivity index (χ1v) is 6.86. The Morgan fingerprint density at radius 3 is 2.80 bits per heavy atom. The molecule has 0 aromatic heterocycles. The molecule has 2 aliphatic rings. The lowest BCUT2D eigenvalue weighted by atomic mass is 9.84. The van der Waals surface area contributed by atoms with E-state index in [2.05, 4.69) is 5.32 Å². The van der Waals surface area contributed by atoms with Gasteiger partial charge in [0.1, 0.15) is 11.9 Å². The molecule has 5 heteroatoms. The van der Waals surface area contributed by atoms with Crippen molar-refractivity contribution in [3.05, 3.63) is 29.6 Å². The van der Waals surface area contributed by atoms with Gasteiger partial charge in [-0.05, 0) is 49.3 Å². The first-order valence-electron chi connectivity index (χ1n) is 6.86. The molecular weight excluding hydrogens is 257 g/mol. The van der Waals surface area contributed by atoms with Crippen LogP contribution in [0.2, 0.25) is 0 Å². The van der Waals surface area contributed by atoms with Crippen molar-refractivity contribution >= 4 is 11.6 Å². The zero-order valence-electron chi connectivity index (χ0n) is 11.0. The van der Waals surface area contributed by atoms with Crippen LogP contribution in [0.15, 0.2) is 18.2 Å². The van der Waals surface area contributed by atoms with Crippen LogP contribution in [0.5, 0.6) is 0 Å². The molecular formula is C15H16FN3O. The van der Waals surface area contributed by atoms with E-state index in [4.69, 9.17) is 11.0 Å². The maximum atomic E-state index is 13.1. The number of fused-ring (bicyclic) bond motifs is 2. The Morgan fingerprint density at radius 2 is 2.15 bits per heavy atom. The van der Waals surface area contributed by atoms with E-state index in [9.17, 15) is 9.18 Å². The lowest BCUT2D eigenvalue weighted by Crippen LogP contribution is -2.42. The number of nitrogens with one attached hydrogen (secondary N) is 1. The van der Waals surface area contributed by atoms with Crippen molar-refractivity contribution in [3.63, 3.8) is 0 Å². The van der Waals surface area contributed by atoms with E-state index < -0.39 is 5.82 Å². The Labute approximate surface area is 116 Å². The number of rotatable bonds is 2. The maximum absolute atomic E-state index is 13.1. The van der Waals surface area contributed by atoms with E-state index in [0.717, 1.165) is 25.3 Å². The Balaban J connectivity index is 1.79. The lowest BCUT2D eigenvalue weighted by molar-refractivity contribution is -0.121. The molecule has 0 aliphatic heterocycles. The van der Waals surface area contributed by atoms with Crippen LogP contribution in [-0.2, 0) is 4.79 Å². The molecule has 3 N–H and O–H groups in total. The number of halogens is 1. The Hall–Kier alpha value is -1.93. The van der Waals surface area contributed by atoms with Crippen molar-refractivity contribution in [1.82, 2.24) is 0 Å². The van der Waals surface area contributed by atoms with Crippen molar-refractivity contribution in [2.24, 2.45) is 23.5 Å². The Morgan fingerprint density at radius 1 is 1.40 bits per heavy atom. The molecule has 1 aromatic rings. The maximum Gasteiger partial charge on any atom is 0.229 e. The van der Waals surface area contributed by atoms with Gasteiger partial charge in [0, 0.05) is 6.04 Å². The standard InChI is InChI=1S/C15H16FN3O/c16-11-3-4-12(10(6-11)7-17)19-15(20)13-8-1-2-9(5-8)14(13)18/h3-4,6,8-9,13-14H,1-2,5,18H2,(H,19,20). The molecule has 0 spiro atoms. The van der Waals surface area contributed by atoms with Crippen LogP contribution in [-0.4, -0.2) is 11.9 Å². The molecule has 4 atom stereocenters. The van der Waals surface area contributed by atoms with Crippen LogP contribution in [0.25, 0.3) is 0 Å². The fourth-order valence-corrected chi connectivity index (χ4v) is 3.66. The average molecular weight is 273 g/mol. The summed E-state index contributed by atoms with van der Waals surface area (Å²) in [5.74, 6) is -0.0327. The molecule has 0 radical (unpaired) electrons. The highest BCUT2D eigenvalue weighted by molar-refractivity contribution is 5.94. The van der Waals surface area contributed by atoms with Crippen molar-refractivity contribution < 1.29 is 9.18 Å². The van der Waals surface area contributed by atoms with Gasteiger partial charge in [-0.2, -0.15) is 5.26 Å². The molecule has 4 unspecified atom stereocenters. The number of amides is 1. The van der Waals surface area contributed by atoms with Crippen LogP contribution in [0.4, 0.5) is 10.1 Å². The molecule has 20 heavy (non-hydrogen) atoms. The molecule has 2 fully saturated rings. The largest absolute Gasteiger partial charge is 0.327 e. The number of nitrogens with two attached hydrogens (primary N) is 1. The van der Waals surface area contributed by atoms with Gasteiger partial charge in [-0.15, -0.1) is 0 Å². The summed E-state index contributed by atoms with van der Waals surface area (Å²) in [6.45, 7) is 0.